The lowest BCUT2D eigenvalue weighted by Crippen LogP contribution is -2.39. The number of nitrogens with one attached hydrogen (secondary N) is 1. The van der Waals surface area contributed by atoms with E-state index in [1.54, 1.807) is 0 Å². The molecular formula is C25H23N3O. The summed E-state index contributed by atoms with van der Waals surface area (Å²) in [5.74, 6) is 1.34. The number of carbonyl (C=O) groups excluding carboxylic acids is 1. The second-order valence-electron chi connectivity index (χ2n) is 7.67. The molecule has 4 aromatic rings. The highest BCUT2D eigenvalue weighted by molar-refractivity contribution is 5.94. The molecule has 3 aromatic carbocycles. The first kappa shape index (κ1) is 17.7. The maximum Gasteiger partial charge on any atom is 0.253 e. The number of benzene rings is 3. The van der Waals surface area contributed by atoms with Gasteiger partial charge >= 0.3 is 0 Å². The van der Waals surface area contributed by atoms with Crippen LogP contribution in [0.5, 0.6) is 0 Å². The van der Waals surface area contributed by atoms with Crippen LogP contribution in [-0.2, 0) is 0 Å². The summed E-state index contributed by atoms with van der Waals surface area (Å²) in [4.78, 5) is 23.3. The summed E-state index contributed by atoms with van der Waals surface area (Å²) in [6.07, 6.45) is 2.05. The molecule has 1 N–H and O–H groups in total. The summed E-state index contributed by atoms with van der Waals surface area (Å²) < 4.78 is 0. The number of hydrogen-bond acceptors (Lipinski definition) is 2. The zero-order chi connectivity index (χ0) is 19.6. The highest BCUT2D eigenvalue weighted by Gasteiger charge is 2.27. The third-order valence-electron chi connectivity index (χ3n) is 5.74. The number of nitrogens with zero attached hydrogens (tertiary/aromatic N) is 2. The Morgan fingerprint density at radius 2 is 1.62 bits per heavy atom. The summed E-state index contributed by atoms with van der Waals surface area (Å²) in [5, 5.41) is 0. The van der Waals surface area contributed by atoms with Gasteiger partial charge in [-0.05, 0) is 48.2 Å². The Morgan fingerprint density at radius 3 is 2.41 bits per heavy atom. The van der Waals surface area contributed by atoms with Crippen molar-refractivity contribution in [1.29, 1.82) is 0 Å². The fourth-order valence-corrected chi connectivity index (χ4v) is 4.17. The van der Waals surface area contributed by atoms with Crippen molar-refractivity contribution in [2.45, 2.75) is 18.8 Å². The van der Waals surface area contributed by atoms with E-state index >= 15 is 0 Å². The van der Waals surface area contributed by atoms with Gasteiger partial charge in [-0.15, -0.1) is 0 Å². The molecule has 1 aromatic heterocycles. The van der Waals surface area contributed by atoms with Gasteiger partial charge in [-0.2, -0.15) is 0 Å². The molecule has 1 fully saturated rings. The minimum absolute atomic E-state index is 0.102. The highest BCUT2D eigenvalue weighted by Crippen LogP contribution is 2.28. The number of para-hydroxylation sites is 2. The van der Waals surface area contributed by atoms with Gasteiger partial charge in [0.05, 0.1) is 11.0 Å². The van der Waals surface area contributed by atoms with Crippen molar-refractivity contribution >= 4 is 16.9 Å². The first-order chi connectivity index (χ1) is 14.3. The molecule has 1 amide bonds. The molecule has 2 heterocycles. The van der Waals surface area contributed by atoms with Gasteiger partial charge in [-0.1, -0.05) is 54.6 Å². The standard InChI is InChI=1S/C25H23N3O/c29-25(20-14-12-19(13-15-20)18-7-2-1-3-8-18)28-16-6-9-21(17-28)24-26-22-10-4-5-11-23(22)27-24/h1-5,7-8,10-15,21H,6,9,16-17H2,(H,26,27). The molecular weight excluding hydrogens is 358 g/mol. The van der Waals surface area contributed by atoms with Gasteiger partial charge in [-0.25, -0.2) is 4.98 Å². The zero-order valence-corrected chi connectivity index (χ0v) is 16.2. The highest BCUT2D eigenvalue weighted by atomic mass is 16.2. The Labute approximate surface area is 170 Å². The molecule has 1 unspecified atom stereocenters. The predicted octanol–water partition coefficient (Wildman–Crippen LogP) is 5.25. The molecule has 1 aliphatic heterocycles. The summed E-state index contributed by atoms with van der Waals surface area (Å²) in [6.45, 7) is 1.51. The number of aromatic amines is 1. The van der Waals surface area contributed by atoms with Crippen LogP contribution in [0.3, 0.4) is 0 Å². The van der Waals surface area contributed by atoms with Crippen molar-refractivity contribution in [3.63, 3.8) is 0 Å². The van der Waals surface area contributed by atoms with Gasteiger partial charge in [0, 0.05) is 24.6 Å². The van der Waals surface area contributed by atoms with Crippen LogP contribution < -0.4 is 0 Å². The SMILES string of the molecule is O=C(c1ccc(-c2ccccc2)cc1)N1CCCC(c2nc3ccccc3[nH]2)C1. The van der Waals surface area contributed by atoms with E-state index in [-0.39, 0.29) is 11.8 Å². The monoisotopic (exact) mass is 381 g/mol. The van der Waals surface area contributed by atoms with E-state index in [0.29, 0.717) is 6.54 Å². The fourth-order valence-electron chi connectivity index (χ4n) is 4.17. The summed E-state index contributed by atoms with van der Waals surface area (Å²) in [5.41, 5.74) is 5.08. The number of fused-ring (bicyclic) bond motifs is 1. The quantitative estimate of drug-likeness (QED) is 0.527. The van der Waals surface area contributed by atoms with Crippen LogP contribution in [0, 0.1) is 0 Å². The molecule has 0 radical (unpaired) electrons. The lowest BCUT2D eigenvalue weighted by atomic mass is 9.96. The number of aromatic nitrogens is 2. The van der Waals surface area contributed by atoms with E-state index < -0.39 is 0 Å². The largest absolute Gasteiger partial charge is 0.342 e. The number of likely N-dealkylation sites (tertiary alicyclic amines) is 1. The Kier molecular flexibility index (Phi) is 4.60. The maximum atomic E-state index is 13.1. The molecule has 4 nitrogen and oxygen atoms in total. The van der Waals surface area contributed by atoms with E-state index in [9.17, 15) is 4.79 Å². The van der Waals surface area contributed by atoms with Crippen LogP contribution in [-0.4, -0.2) is 33.9 Å². The van der Waals surface area contributed by atoms with Gasteiger partial charge in [-0.3, -0.25) is 4.79 Å². The van der Waals surface area contributed by atoms with Gasteiger partial charge < -0.3 is 9.88 Å². The fraction of sp³-hybridized carbons (Fsp3) is 0.200. The lowest BCUT2D eigenvalue weighted by molar-refractivity contribution is 0.0705. The van der Waals surface area contributed by atoms with Crippen LogP contribution in [0.4, 0.5) is 0 Å². The van der Waals surface area contributed by atoms with Crippen molar-refractivity contribution in [1.82, 2.24) is 14.9 Å². The number of hydrogen-bond donors (Lipinski definition) is 1. The summed E-state index contributed by atoms with van der Waals surface area (Å²) in [6, 6.07) is 26.3. The molecule has 1 atom stereocenters. The molecule has 1 aliphatic rings. The van der Waals surface area contributed by atoms with Crippen molar-refractivity contribution in [2.75, 3.05) is 13.1 Å². The van der Waals surface area contributed by atoms with Gasteiger partial charge in [0.25, 0.3) is 5.91 Å². The smallest absolute Gasteiger partial charge is 0.253 e. The molecule has 29 heavy (non-hydrogen) atoms. The van der Waals surface area contributed by atoms with Crippen LogP contribution in [0.15, 0.2) is 78.9 Å². The van der Waals surface area contributed by atoms with Crippen molar-refractivity contribution < 1.29 is 4.79 Å². The summed E-state index contributed by atoms with van der Waals surface area (Å²) >= 11 is 0. The Hall–Kier alpha value is -3.40. The average Bonchev–Trinajstić information content (AvgIpc) is 3.24. The Morgan fingerprint density at radius 1 is 0.897 bits per heavy atom. The van der Waals surface area contributed by atoms with E-state index in [1.165, 1.54) is 0 Å². The molecule has 1 saturated heterocycles. The van der Waals surface area contributed by atoms with E-state index in [1.807, 2.05) is 71.6 Å². The van der Waals surface area contributed by atoms with Crippen LogP contribution in [0.1, 0.15) is 34.9 Å². The molecule has 0 bridgehead atoms. The van der Waals surface area contributed by atoms with E-state index in [2.05, 4.69) is 17.1 Å². The number of carbonyl (C=O) groups is 1. The minimum atomic E-state index is 0.102. The third kappa shape index (κ3) is 3.54. The third-order valence-corrected chi connectivity index (χ3v) is 5.74. The second kappa shape index (κ2) is 7.55. The second-order valence-corrected chi connectivity index (χ2v) is 7.67. The maximum absolute atomic E-state index is 13.1. The average molecular weight is 381 g/mol. The topological polar surface area (TPSA) is 49.0 Å². The minimum Gasteiger partial charge on any atom is -0.342 e. The van der Waals surface area contributed by atoms with Crippen LogP contribution in [0.2, 0.25) is 0 Å². The van der Waals surface area contributed by atoms with Crippen molar-refractivity contribution in [3.8, 4) is 11.1 Å². The normalized spacial score (nSPS) is 16.8. The van der Waals surface area contributed by atoms with Crippen molar-refractivity contribution in [3.05, 3.63) is 90.3 Å². The van der Waals surface area contributed by atoms with E-state index in [0.717, 1.165) is 52.9 Å². The number of piperidine rings is 1. The van der Waals surface area contributed by atoms with E-state index in [4.69, 9.17) is 4.98 Å². The molecule has 144 valence electrons. The zero-order valence-electron chi connectivity index (χ0n) is 16.2. The predicted molar refractivity (Wildman–Crippen MR) is 116 cm³/mol. The molecule has 0 saturated carbocycles. The van der Waals surface area contributed by atoms with Crippen LogP contribution in [0.25, 0.3) is 22.2 Å². The summed E-state index contributed by atoms with van der Waals surface area (Å²) in [7, 11) is 0. The Bertz CT molecular complexity index is 1100. The molecule has 5 rings (SSSR count). The van der Waals surface area contributed by atoms with Gasteiger partial charge in [0.15, 0.2) is 0 Å². The molecule has 4 heteroatoms. The van der Waals surface area contributed by atoms with Crippen molar-refractivity contribution in [2.24, 2.45) is 0 Å². The molecule has 0 spiro atoms. The first-order valence-electron chi connectivity index (χ1n) is 10.2. The number of imidazole rings is 1. The van der Waals surface area contributed by atoms with Gasteiger partial charge in [0.2, 0.25) is 0 Å². The number of amides is 1. The number of rotatable bonds is 3. The lowest BCUT2D eigenvalue weighted by Gasteiger charge is -2.32. The number of H-pyrrole nitrogens is 1. The van der Waals surface area contributed by atoms with Crippen LogP contribution >= 0.6 is 0 Å². The Balaban J connectivity index is 1.33. The molecule has 0 aliphatic carbocycles. The van der Waals surface area contributed by atoms with Gasteiger partial charge in [0.1, 0.15) is 5.82 Å². The first-order valence-corrected chi connectivity index (χ1v) is 10.2.